The minimum absolute atomic E-state index is 0.380. The molecule has 0 aromatic rings. The topological polar surface area (TPSA) is 49.4 Å². The standard InChI is InChI=1S/C9H20NO.C2HF3O2/c1-9(2)11-8-10(3)6-4-5-7-10;3-2(4,5)1(6)7/h9H,4-8H2,1-3H3;(H,6,7)/q+1;/p-1. The third-order valence-corrected chi connectivity index (χ3v) is 2.60. The summed E-state index contributed by atoms with van der Waals surface area (Å²) in [5.41, 5.74) is 0. The van der Waals surface area contributed by atoms with Crippen molar-refractivity contribution in [3.63, 3.8) is 0 Å². The van der Waals surface area contributed by atoms with E-state index in [1.807, 2.05) is 0 Å². The van der Waals surface area contributed by atoms with Gasteiger partial charge in [-0.1, -0.05) is 0 Å². The Morgan fingerprint density at radius 3 is 2.00 bits per heavy atom. The minimum Gasteiger partial charge on any atom is -0.542 e. The Hall–Kier alpha value is -0.820. The molecular formula is C11H20F3NO3. The van der Waals surface area contributed by atoms with E-state index in [9.17, 15) is 13.2 Å². The molecule has 0 saturated carbocycles. The lowest BCUT2D eigenvalue weighted by Crippen LogP contribution is -2.43. The van der Waals surface area contributed by atoms with Crippen LogP contribution in [0.1, 0.15) is 26.7 Å². The van der Waals surface area contributed by atoms with Gasteiger partial charge in [0.1, 0.15) is 5.97 Å². The Labute approximate surface area is 105 Å². The van der Waals surface area contributed by atoms with E-state index < -0.39 is 12.1 Å². The second-order valence-corrected chi connectivity index (χ2v) is 4.90. The van der Waals surface area contributed by atoms with Gasteiger partial charge in [0, 0.05) is 12.8 Å². The molecule has 0 N–H and O–H groups in total. The van der Waals surface area contributed by atoms with Gasteiger partial charge < -0.3 is 19.1 Å². The van der Waals surface area contributed by atoms with Crippen LogP contribution in [0.5, 0.6) is 0 Å². The molecule has 0 aromatic carbocycles. The second-order valence-electron chi connectivity index (χ2n) is 4.90. The number of rotatable bonds is 3. The maximum Gasteiger partial charge on any atom is 0.430 e. The maximum atomic E-state index is 10.5. The fraction of sp³-hybridized carbons (Fsp3) is 0.909. The van der Waals surface area contributed by atoms with Crippen molar-refractivity contribution in [3.8, 4) is 0 Å². The number of alkyl halides is 3. The Balaban J connectivity index is 0.000000360. The Morgan fingerprint density at radius 2 is 1.72 bits per heavy atom. The number of aliphatic carboxylic acids is 1. The summed E-state index contributed by atoms with van der Waals surface area (Å²) in [5, 5.41) is 8.78. The van der Waals surface area contributed by atoms with Crippen molar-refractivity contribution in [1.82, 2.24) is 0 Å². The predicted molar refractivity (Wildman–Crippen MR) is 57.3 cm³/mol. The molecule has 1 saturated heterocycles. The maximum absolute atomic E-state index is 10.5. The number of ether oxygens (including phenoxy) is 1. The van der Waals surface area contributed by atoms with Crippen molar-refractivity contribution < 1.29 is 32.3 Å². The number of carboxylic acids is 1. The highest BCUT2D eigenvalue weighted by atomic mass is 19.4. The van der Waals surface area contributed by atoms with Crippen LogP contribution in [-0.4, -0.2) is 49.6 Å². The number of likely N-dealkylation sites (tertiary alicyclic amines) is 1. The summed E-state index contributed by atoms with van der Waals surface area (Å²) in [6.45, 7) is 7.70. The molecule has 1 fully saturated rings. The smallest absolute Gasteiger partial charge is 0.430 e. The van der Waals surface area contributed by atoms with Crippen LogP contribution < -0.4 is 5.11 Å². The largest absolute Gasteiger partial charge is 0.542 e. The average molecular weight is 271 g/mol. The molecule has 7 heteroatoms. The first-order chi connectivity index (χ1) is 8.07. The van der Waals surface area contributed by atoms with Crippen molar-refractivity contribution in [2.24, 2.45) is 0 Å². The van der Waals surface area contributed by atoms with E-state index in [1.165, 1.54) is 25.9 Å². The zero-order chi connectivity index (χ0) is 14.4. The zero-order valence-corrected chi connectivity index (χ0v) is 10.9. The van der Waals surface area contributed by atoms with E-state index in [4.69, 9.17) is 14.6 Å². The van der Waals surface area contributed by atoms with Crippen LogP contribution in [0.3, 0.4) is 0 Å². The van der Waals surface area contributed by atoms with Crippen molar-refractivity contribution in [3.05, 3.63) is 0 Å². The third kappa shape index (κ3) is 7.50. The number of carbonyl (C=O) groups excluding carboxylic acids is 1. The summed E-state index contributed by atoms with van der Waals surface area (Å²) in [7, 11) is 2.29. The number of hydrogen-bond acceptors (Lipinski definition) is 3. The highest BCUT2D eigenvalue weighted by Crippen LogP contribution is 2.16. The molecule has 1 rings (SSSR count). The normalized spacial score (nSPS) is 18.4. The minimum atomic E-state index is -5.19. The van der Waals surface area contributed by atoms with Gasteiger partial charge in [0.25, 0.3) is 0 Å². The van der Waals surface area contributed by atoms with Crippen molar-refractivity contribution in [2.45, 2.75) is 39.0 Å². The molecule has 0 bridgehead atoms. The van der Waals surface area contributed by atoms with Gasteiger partial charge in [0.2, 0.25) is 0 Å². The lowest BCUT2D eigenvalue weighted by molar-refractivity contribution is -0.917. The molecule has 0 radical (unpaired) electrons. The highest BCUT2D eigenvalue weighted by Gasteiger charge is 2.29. The number of nitrogens with zero attached hydrogens (tertiary/aromatic N) is 1. The second kappa shape index (κ2) is 6.94. The van der Waals surface area contributed by atoms with E-state index in [1.54, 1.807) is 0 Å². The first kappa shape index (κ1) is 17.2. The molecule has 0 unspecified atom stereocenters. The van der Waals surface area contributed by atoms with E-state index in [0.29, 0.717) is 6.10 Å². The summed E-state index contributed by atoms with van der Waals surface area (Å²) in [6.07, 6.45) is -2.07. The summed E-state index contributed by atoms with van der Waals surface area (Å²) >= 11 is 0. The molecule has 18 heavy (non-hydrogen) atoms. The molecule has 0 spiro atoms. The summed E-state index contributed by atoms with van der Waals surface area (Å²) in [6, 6.07) is 0. The molecule has 1 heterocycles. The zero-order valence-electron chi connectivity index (χ0n) is 10.9. The summed E-state index contributed by atoms with van der Waals surface area (Å²) in [4.78, 5) is 8.78. The van der Waals surface area contributed by atoms with Gasteiger partial charge in [0.15, 0.2) is 6.73 Å². The van der Waals surface area contributed by atoms with Crippen molar-refractivity contribution in [2.75, 3.05) is 26.9 Å². The molecule has 0 aliphatic carbocycles. The van der Waals surface area contributed by atoms with Crippen molar-refractivity contribution in [1.29, 1.82) is 0 Å². The van der Waals surface area contributed by atoms with Crippen LogP contribution in [0.4, 0.5) is 13.2 Å². The van der Waals surface area contributed by atoms with E-state index in [2.05, 4.69) is 20.9 Å². The van der Waals surface area contributed by atoms with Crippen LogP contribution in [0.15, 0.2) is 0 Å². The Morgan fingerprint density at radius 1 is 1.33 bits per heavy atom. The van der Waals surface area contributed by atoms with Crippen LogP contribution in [0.2, 0.25) is 0 Å². The predicted octanol–water partition coefficient (Wildman–Crippen LogP) is 0.908. The molecular weight excluding hydrogens is 251 g/mol. The molecule has 0 atom stereocenters. The third-order valence-electron chi connectivity index (χ3n) is 2.60. The van der Waals surface area contributed by atoms with Crippen molar-refractivity contribution >= 4 is 5.97 Å². The molecule has 1 aliphatic rings. The van der Waals surface area contributed by atoms with E-state index in [-0.39, 0.29) is 0 Å². The monoisotopic (exact) mass is 271 g/mol. The van der Waals surface area contributed by atoms with Crippen LogP contribution in [0, 0.1) is 0 Å². The Bertz CT molecular complexity index is 261. The lowest BCUT2D eigenvalue weighted by Gasteiger charge is -2.29. The van der Waals surface area contributed by atoms with Gasteiger partial charge in [-0.2, -0.15) is 13.2 Å². The number of hydrogen-bond donors (Lipinski definition) is 0. The Kier molecular flexibility index (Phi) is 6.62. The summed E-state index contributed by atoms with van der Waals surface area (Å²) < 4.78 is 38.3. The number of halogens is 3. The lowest BCUT2D eigenvalue weighted by atomic mass is 10.4. The first-order valence-electron chi connectivity index (χ1n) is 5.80. The molecule has 1 aliphatic heterocycles. The van der Waals surface area contributed by atoms with Gasteiger partial charge in [-0.3, -0.25) is 0 Å². The van der Waals surface area contributed by atoms with Crippen LogP contribution >= 0.6 is 0 Å². The van der Waals surface area contributed by atoms with E-state index >= 15 is 0 Å². The SMILES string of the molecule is CC(C)OC[N+]1(C)CCCC1.O=C([O-])C(F)(F)F. The fourth-order valence-electron chi connectivity index (χ4n) is 1.56. The van der Waals surface area contributed by atoms with Crippen LogP contribution in [0.25, 0.3) is 0 Å². The number of quaternary nitrogens is 1. The van der Waals surface area contributed by atoms with Gasteiger partial charge in [0.05, 0.1) is 26.2 Å². The molecule has 108 valence electrons. The molecule has 0 aromatic heterocycles. The summed E-state index contributed by atoms with van der Waals surface area (Å²) in [5.74, 6) is -3.01. The number of carbonyl (C=O) groups is 1. The number of carboxylic acid groups (broad SMARTS) is 1. The highest BCUT2D eigenvalue weighted by molar-refractivity contribution is 5.70. The van der Waals surface area contributed by atoms with Gasteiger partial charge in [-0.05, 0) is 13.8 Å². The molecule has 0 amide bonds. The first-order valence-corrected chi connectivity index (χ1v) is 5.80. The molecule has 4 nitrogen and oxygen atoms in total. The van der Waals surface area contributed by atoms with Gasteiger partial charge in [-0.15, -0.1) is 0 Å². The van der Waals surface area contributed by atoms with Gasteiger partial charge >= 0.3 is 6.18 Å². The fourth-order valence-corrected chi connectivity index (χ4v) is 1.56. The van der Waals surface area contributed by atoms with Crippen LogP contribution in [-0.2, 0) is 9.53 Å². The van der Waals surface area contributed by atoms with Gasteiger partial charge in [-0.25, -0.2) is 0 Å². The quantitative estimate of drug-likeness (QED) is 0.717. The van der Waals surface area contributed by atoms with E-state index in [0.717, 1.165) is 11.2 Å². The average Bonchev–Trinajstić information content (AvgIpc) is 2.62.